The van der Waals surface area contributed by atoms with E-state index in [-0.39, 0.29) is 11.7 Å². The molecular weight excluding hydrogens is 142 g/mol. The van der Waals surface area contributed by atoms with Crippen molar-refractivity contribution in [2.24, 2.45) is 11.7 Å². The summed E-state index contributed by atoms with van der Waals surface area (Å²) in [5, 5.41) is 0. The Morgan fingerprint density at radius 2 is 2.09 bits per heavy atom. The number of nitrogens with two attached hydrogens (primary N) is 1. The summed E-state index contributed by atoms with van der Waals surface area (Å²) in [6.07, 6.45) is 0.512. The van der Waals surface area contributed by atoms with Crippen LogP contribution in [0.25, 0.3) is 0 Å². The van der Waals surface area contributed by atoms with E-state index < -0.39 is 0 Å². The Morgan fingerprint density at radius 1 is 1.45 bits per heavy atom. The van der Waals surface area contributed by atoms with Crippen LogP contribution in [-0.2, 0) is 9.53 Å². The molecule has 0 aromatic rings. The first-order valence-electron chi connectivity index (χ1n) is 3.99. The first-order valence-corrected chi connectivity index (χ1v) is 3.99. The average molecular weight is 159 g/mol. The van der Waals surface area contributed by atoms with Crippen LogP contribution in [0.15, 0.2) is 0 Å². The van der Waals surface area contributed by atoms with Crippen molar-refractivity contribution in [1.29, 1.82) is 0 Å². The van der Waals surface area contributed by atoms with Crippen LogP contribution in [-0.4, -0.2) is 25.5 Å². The summed E-state index contributed by atoms with van der Waals surface area (Å²) in [7, 11) is 0. The van der Waals surface area contributed by atoms with E-state index in [4.69, 9.17) is 10.5 Å². The van der Waals surface area contributed by atoms with Gasteiger partial charge in [0.05, 0.1) is 13.2 Å². The maximum atomic E-state index is 11.0. The van der Waals surface area contributed by atoms with E-state index in [0.29, 0.717) is 26.2 Å². The van der Waals surface area contributed by atoms with Crippen molar-refractivity contribution in [2.75, 3.05) is 19.8 Å². The van der Waals surface area contributed by atoms with E-state index in [1.807, 2.05) is 13.8 Å². The van der Waals surface area contributed by atoms with E-state index in [0.717, 1.165) is 0 Å². The number of hydrogen-bond donors (Lipinski definition) is 1. The molecule has 0 heterocycles. The molecule has 0 aromatic carbocycles. The molecule has 0 bridgehead atoms. The van der Waals surface area contributed by atoms with Gasteiger partial charge in [-0.05, 0) is 0 Å². The van der Waals surface area contributed by atoms with Crippen molar-refractivity contribution < 1.29 is 9.53 Å². The number of ketones is 1. The molecule has 0 atom stereocenters. The third kappa shape index (κ3) is 6.01. The number of ether oxygens (including phenoxy) is 1. The number of carbonyl (C=O) groups is 1. The lowest BCUT2D eigenvalue weighted by Gasteiger charge is -2.03. The molecule has 0 fully saturated rings. The quantitative estimate of drug-likeness (QED) is 0.577. The van der Waals surface area contributed by atoms with Crippen molar-refractivity contribution in [3.8, 4) is 0 Å². The van der Waals surface area contributed by atoms with Crippen LogP contribution in [0.5, 0.6) is 0 Å². The van der Waals surface area contributed by atoms with E-state index >= 15 is 0 Å². The zero-order valence-corrected chi connectivity index (χ0v) is 7.30. The standard InChI is InChI=1S/C8H17NO2/c1-7(2)8(10)3-5-11-6-4-9/h7H,3-6,9H2,1-2H3. The number of hydrogen-bond acceptors (Lipinski definition) is 3. The predicted octanol–water partition coefficient (Wildman–Crippen LogP) is 0.577. The zero-order chi connectivity index (χ0) is 8.69. The summed E-state index contributed by atoms with van der Waals surface area (Å²) in [6.45, 7) is 5.37. The molecule has 3 heteroatoms. The van der Waals surface area contributed by atoms with Gasteiger partial charge < -0.3 is 10.5 Å². The number of rotatable bonds is 6. The average Bonchev–Trinajstić information content (AvgIpc) is 1.97. The Hall–Kier alpha value is -0.410. The monoisotopic (exact) mass is 159 g/mol. The van der Waals surface area contributed by atoms with Crippen molar-refractivity contribution in [1.82, 2.24) is 0 Å². The van der Waals surface area contributed by atoms with Crippen LogP contribution in [0.2, 0.25) is 0 Å². The molecule has 0 aliphatic rings. The molecule has 0 aliphatic heterocycles. The first kappa shape index (κ1) is 10.6. The molecule has 0 saturated heterocycles. The van der Waals surface area contributed by atoms with Crippen LogP contribution >= 0.6 is 0 Å². The molecule has 3 nitrogen and oxygen atoms in total. The topological polar surface area (TPSA) is 52.3 Å². The Labute approximate surface area is 67.9 Å². The van der Waals surface area contributed by atoms with Gasteiger partial charge in [-0.15, -0.1) is 0 Å². The van der Waals surface area contributed by atoms with E-state index in [1.54, 1.807) is 0 Å². The van der Waals surface area contributed by atoms with E-state index in [2.05, 4.69) is 0 Å². The largest absolute Gasteiger partial charge is 0.380 e. The fraction of sp³-hybridized carbons (Fsp3) is 0.875. The Bertz CT molecular complexity index is 113. The molecule has 0 aliphatic carbocycles. The van der Waals surface area contributed by atoms with Gasteiger partial charge in [0.25, 0.3) is 0 Å². The molecule has 0 radical (unpaired) electrons. The summed E-state index contributed by atoms with van der Waals surface area (Å²) >= 11 is 0. The second-order valence-corrected chi connectivity index (χ2v) is 2.77. The molecule has 0 rings (SSSR count). The minimum atomic E-state index is 0.122. The Kier molecular flexibility index (Phi) is 6.07. The number of Topliss-reactive ketones (excluding diaryl/α,β-unsaturated/α-hetero) is 1. The maximum absolute atomic E-state index is 11.0. The minimum absolute atomic E-state index is 0.122. The molecule has 2 N–H and O–H groups in total. The fourth-order valence-corrected chi connectivity index (χ4v) is 0.647. The summed E-state index contributed by atoms with van der Waals surface area (Å²) in [6, 6.07) is 0. The van der Waals surface area contributed by atoms with Crippen molar-refractivity contribution in [3.63, 3.8) is 0 Å². The van der Waals surface area contributed by atoms with Gasteiger partial charge in [0, 0.05) is 18.9 Å². The minimum Gasteiger partial charge on any atom is -0.380 e. The second kappa shape index (κ2) is 6.31. The van der Waals surface area contributed by atoms with E-state index in [1.165, 1.54) is 0 Å². The summed E-state index contributed by atoms with van der Waals surface area (Å²) in [5.74, 6) is 0.374. The van der Waals surface area contributed by atoms with Crippen LogP contribution in [0.1, 0.15) is 20.3 Å². The molecule has 0 aromatic heterocycles. The van der Waals surface area contributed by atoms with Crippen molar-refractivity contribution >= 4 is 5.78 Å². The van der Waals surface area contributed by atoms with Crippen molar-refractivity contribution in [2.45, 2.75) is 20.3 Å². The smallest absolute Gasteiger partial charge is 0.137 e. The van der Waals surface area contributed by atoms with Gasteiger partial charge in [-0.25, -0.2) is 0 Å². The first-order chi connectivity index (χ1) is 5.18. The highest BCUT2D eigenvalue weighted by molar-refractivity contribution is 5.80. The van der Waals surface area contributed by atoms with Gasteiger partial charge in [-0.3, -0.25) is 4.79 Å². The Morgan fingerprint density at radius 3 is 2.55 bits per heavy atom. The van der Waals surface area contributed by atoms with Gasteiger partial charge in [0.15, 0.2) is 0 Å². The summed E-state index contributed by atoms with van der Waals surface area (Å²) in [4.78, 5) is 11.0. The highest BCUT2D eigenvalue weighted by Crippen LogP contribution is 1.98. The van der Waals surface area contributed by atoms with Gasteiger partial charge in [-0.2, -0.15) is 0 Å². The lowest BCUT2D eigenvalue weighted by molar-refractivity contribution is -0.122. The third-order valence-electron chi connectivity index (χ3n) is 1.40. The van der Waals surface area contributed by atoms with Crippen molar-refractivity contribution in [3.05, 3.63) is 0 Å². The zero-order valence-electron chi connectivity index (χ0n) is 7.30. The summed E-state index contributed by atoms with van der Waals surface area (Å²) in [5.41, 5.74) is 5.20. The van der Waals surface area contributed by atoms with Crippen LogP contribution in [0.3, 0.4) is 0 Å². The molecule has 0 saturated carbocycles. The van der Waals surface area contributed by atoms with Crippen LogP contribution in [0, 0.1) is 5.92 Å². The van der Waals surface area contributed by atoms with Gasteiger partial charge in [0.2, 0.25) is 0 Å². The highest BCUT2D eigenvalue weighted by Gasteiger charge is 2.05. The lowest BCUT2D eigenvalue weighted by Crippen LogP contribution is -2.13. The molecule has 0 spiro atoms. The maximum Gasteiger partial charge on any atom is 0.137 e. The van der Waals surface area contributed by atoms with Gasteiger partial charge in [0.1, 0.15) is 5.78 Å². The fourth-order valence-electron chi connectivity index (χ4n) is 0.647. The normalized spacial score (nSPS) is 10.5. The van der Waals surface area contributed by atoms with Gasteiger partial charge >= 0.3 is 0 Å². The second-order valence-electron chi connectivity index (χ2n) is 2.77. The molecule has 66 valence electrons. The molecular formula is C8H17NO2. The number of carbonyl (C=O) groups excluding carboxylic acids is 1. The SMILES string of the molecule is CC(C)C(=O)CCOCCN. The molecule has 11 heavy (non-hydrogen) atoms. The third-order valence-corrected chi connectivity index (χ3v) is 1.40. The van der Waals surface area contributed by atoms with Gasteiger partial charge in [-0.1, -0.05) is 13.8 Å². The van der Waals surface area contributed by atoms with E-state index in [9.17, 15) is 4.79 Å². The predicted molar refractivity (Wildman–Crippen MR) is 44.3 cm³/mol. The van der Waals surface area contributed by atoms with Crippen LogP contribution in [0.4, 0.5) is 0 Å². The molecule has 0 amide bonds. The highest BCUT2D eigenvalue weighted by atomic mass is 16.5. The lowest BCUT2D eigenvalue weighted by atomic mass is 10.1. The van der Waals surface area contributed by atoms with Crippen LogP contribution < -0.4 is 5.73 Å². The molecule has 0 unspecified atom stereocenters. The Balaban J connectivity index is 3.18. The summed E-state index contributed by atoms with van der Waals surface area (Å²) < 4.78 is 5.06.